The van der Waals surface area contributed by atoms with E-state index in [1.165, 1.54) is 6.07 Å². The Balaban J connectivity index is 1.50. The van der Waals surface area contributed by atoms with Crippen molar-refractivity contribution in [3.63, 3.8) is 0 Å². The molecule has 0 saturated carbocycles. The number of thioether (sulfide) groups is 2. The van der Waals surface area contributed by atoms with E-state index < -0.39 is 17.9 Å². The Bertz CT molecular complexity index is 1390. The first-order valence-corrected chi connectivity index (χ1v) is 15.8. The molecule has 3 atom stereocenters. The van der Waals surface area contributed by atoms with Crippen LogP contribution in [0, 0.1) is 12.7 Å². The summed E-state index contributed by atoms with van der Waals surface area (Å²) in [5.74, 6) is -1.06. The van der Waals surface area contributed by atoms with Crippen molar-refractivity contribution < 1.29 is 23.8 Å². The lowest BCUT2D eigenvalue weighted by Crippen LogP contribution is -2.41. The first kappa shape index (κ1) is 31.1. The number of ether oxygens (including phenoxy) is 1. The third-order valence-corrected chi connectivity index (χ3v) is 9.48. The molecule has 0 spiro atoms. The van der Waals surface area contributed by atoms with E-state index in [-0.39, 0.29) is 15.9 Å². The van der Waals surface area contributed by atoms with Gasteiger partial charge in [-0.15, -0.1) is 11.8 Å². The third-order valence-electron chi connectivity index (χ3n) is 7.17. The molecule has 1 heterocycles. The number of nitrogens with zero attached hydrogens (tertiary/aromatic N) is 1. The molecule has 6 nitrogen and oxygen atoms in total. The minimum absolute atomic E-state index is 0.0512. The highest BCUT2D eigenvalue weighted by Crippen LogP contribution is 2.48. The largest absolute Gasteiger partial charge is 0.480 e. The molecule has 3 aromatic carbocycles. The number of rotatable bonds is 12. The number of aliphatic carboxylic acids is 1. The monoisotopic (exact) mass is 596 g/mol. The predicted molar refractivity (Wildman–Crippen MR) is 166 cm³/mol. The lowest BCUT2D eigenvalue weighted by atomic mass is 9.93. The zero-order chi connectivity index (χ0) is 29.6. The third kappa shape index (κ3) is 7.92. The number of halogens is 1. The maximum absolute atomic E-state index is 13.8. The summed E-state index contributed by atoms with van der Waals surface area (Å²) in [5, 5.41) is 12.4. The average molecular weight is 597 g/mol. The molecule has 41 heavy (non-hydrogen) atoms. The molecule has 0 bridgehead atoms. The normalized spacial score (nSPS) is 19.7. The van der Waals surface area contributed by atoms with E-state index in [2.05, 4.69) is 17.1 Å². The molecule has 0 aliphatic carbocycles. The number of hydrogen-bond donors (Lipinski definition) is 2. The Kier molecular flexibility index (Phi) is 10.5. The molecule has 1 fully saturated rings. The number of benzene rings is 3. The highest BCUT2D eigenvalue weighted by atomic mass is 32.2. The van der Waals surface area contributed by atoms with E-state index in [1.807, 2.05) is 62.7 Å². The second kappa shape index (κ2) is 13.9. The van der Waals surface area contributed by atoms with Gasteiger partial charge in [0.25, 0.3) is 5.91 Å². The maximum atomic E-state index is 13.8. The Hall–Kier alpha value is -2.85. The fourth-order valence-corrected chi connectivity index (χ4v) is 7.14. The first-order chi connectivity index (χ1) is 19.6. The van der Waals surface area contributed by atoms with Gasteiger partial charge in [-0.05, 0) is 91.4 Å². The minimum atomic E-state index is -1.04. The van der Waals surface area contributed by atoms with Crippen LogP contribution in [0.4, 0.5) is 4.39 Å². The van der Waals surface area contributed by atoms with Crippen LogP contribution in [0.5, 0.6) is 0 Å². The van der Waals surface area contributed by atoms with Crippen molar-refractivity contribution >= 4 is 35.4 Å². The van der Waals surface area contributed by atoms with Crippen LogP contribution in [0.25, 0.3) is 11.1 Å². The molecule has 9 heteroatoms. The highest BCUT2D eigenvalue weighted by Gasteiger charge is 2.40. The summed E-state index contributed by atoms with van der Waals surface area (Å²) in [4.78, 5) is 27.3. The van der Waals surface area contributed by atoms with E-state index in [1.54, 1.807) is 41.7 Å². The van der Waals surface area contributed by atoms with E-state index in [0.29, 0.717) is 31.0 Å². The Labute approximate surface area is 250 Å². The molecule has 1 aliphatic heterocycles. The SMILES string of the molecule is CSCC[C@H](NC(=O)c1ccc(COCC2(C)CN(C)C(c3cccc(F)c3)S2)cc1-c1ccccc1C)C(=O)O. The predicted octanol–water partition coefficient (Wildman–Crippen LogP) is 6.39. The van der Waals surface area contributed by atoms with E-state index in [4.69, 9.17) is 4.74 Å². The number of carbonyl (C=O) groups excluding carboxylic acids is 1. The van der Waals surface area contributed by atoms with Gasteiger partial charge in [0.1, 0.15) is 11.9 Å². The van der Waals surface area contributed by atoms with Crippen LogP contribution < -0.4 is 5.32 Å². The van der Waals surface area contributed by atoms with Gasteiger partial charge >= 0.3 is 5.97 Å². The van der Waals surface area contributed by atoms with Crippen LogP contribution in [0.2, 0.25) is 0 Å². The van der Waals surface area contributed by atoms with Crippen molar-refractivity contribution in [2.75, 3.05) is 32.2 Å². The summed E-state index contributed by atoms with van der Waals surface area (Å²) in [6.45, 7) is 5.81. The van der Waals surface area contributed by atoms with Crippen molar-refractivity contribution in [3.8, 4) is 11.1 Å². The highest BCUT2D eigenvalue weighted by molar-refractivity contribution is 8.01. The molecule has 218 valence electrons. The van der Waals surface area contributed by atoms with Crippen molar-refractivity contribution in [3.05, 3.63) is 94.8 Å². The quantitative estimate of drug-likeness (QED) is 0.251. The molecule has 2 N–H and O–H groups in total. The minimum Gasteiger partial charge on any atom is -0.480 e. The van der Waals surface area contributed by atoms with Crippen LogP contribution >= 0.6 is 23.5 Å². The number of nitrogens with one attached hydrogen (secondary N) is 1. The molecule has 3 aromatic rings. The fourth-order valence-electron chi connectivity index (χ4n) is 5.16. The molecule has 0 aromatic heterocycles. The number of carboxylic acid groups (broad SMARTS) is 1. The summed E-state index contributed by atoms with van der Waals surface area (Å²) in [6, 6.07) is 19.2. The van der Waals surface area contributed by atoms with Gasteiger partial charge in [0.2, 0.25) is 0 Å². The number of carbonyl (C=O) groups is 2. The number of aryl methyl sites for hydroxylation is 1. The summed E-state index contributed by atoms with van der Waals surface area (Å²) in [6.07, 6.45) is 2.25. The second-order valence-electron chi connectivity index (χ2n) is 10.7. The van der Waals surface area contributed by atoms with Crippen molar-refractivity contribution in [1.82, 2.24) is 10.2 Å². The molecule has 0 radical (unpaired) electrons. The van der Waals surface area contributed by atoms with Crippen molar-refractivity contribution in [2.45, 2.75) is 43.0 Å². The second-order valence-corrected chi connectivity index (χ2v) is 13.4. The Morgan fingerprint density at radius 3 is 2.66 bits per heavy atom. The van der Waals surface area contributed by atoms with Gasteiger partial charge in [-0.3, -0.25) is 9.69 Å². The van der Waals surface area contributed by atoms with Crippen molar-refractivity contribution in [1.29, 1.82) is 0 Å². The van der Waals surface area contributed by atoms with Crippen LogP contribution in [0.3, 0.4) is 0 Å². The lowest BCUT2D eigenvalue weighted by Gasteiger charge is -2.23. The van der Waals surface area contributed by atoms with E-state index in [9.17, 15) is 19.1 Å². The van der Waals surface area contributed by atoms with Crippen LogP contribution in [-0.2, 0) is 16.1 Å². The molecule has 1 saturated heterocycles. The molecular weight excluding hydrogens is 559 g/mol. The van der Waals surface area contributed by atoms with Gasteiger partial charge in [0.05, 0.1) is 23.3 Å². The topological polar surface area (TPSA) is 78.9 Å². The molecule has 1 amide bonds. The molecule has 2 unspecified atom stereocenters. The number of amides is 1. The zero-order valence-electron chi connectivity index (χ0n) is 23.9. The standard InChI is InChI=1S/C32H37FN2O4S2/c1-21-8-5-6-11-25(21)27-16-22(12-13-26(27)29(36)34-28(31(37)38)14-15-40-4)18-39-20-32(2)19-35(3)30(41-32)23-9-7-10-24(33)17-23/h5-13,16-17,28,30H,14-15,18-20H2,1-4H3,(H,34,36)(H,37,38)/t28-,30?,32?/m0/s1. The Morgan fingerprint density at radius 2 is 1.95 bits per heavy atom. The Morgan fingerprint density at radius 1 is 1.17 bits per heavy atom. The smallest absolute Gasteiger partial charge is 0.326 e. The van der Waals surface area contributed by atoms with Gasteiger partial charge < -0.3 is 15.2 Å². The number of hydrogen-bond acceptors (Lipinski definition) is 6. The van der Waals surface area contributed by atoms with Gasteiger partial charge in [-0.2, -0.15) is 11.8 Å². The average Bonchev–Trinajstić information content (AvgIpc) is 3.24. The van der Waals surface area contributed by atoms with E-state index in [0.717, 1.165) is 34.4 Å². The van der Waals surface area contributed by atoms with Gasteiger partial charge in [-0.1, -0.05) is 42.5 Å². The summed E-state index contributed by atoms with van der Waals surface area (Å²) >= 11 is 3.31. The van der Waals surface area contributed by atoms with Crippen LogP contribution in [-0.4, -0.2) is 64.9 Å². The summed E-state index contributed by atoms with van der Waals surface area (Å²) < 4.78 is 19.9. The van der Waals surface area contributed by atoms with Crippen LogP contribution in [0.15, 0.2) is 66.7 Å². The molecular formula is C32H37FN2O4S2. The van der Waals surface area contributed by atoms with Gasteiger partial charge in [-0.25, -0.2) is 9.18 Å². The molecule has 4 rings (SSSR count). The van der Waals surface area contributed by atoms with E-state index >= 15 is 0 Å². The number of carboxylic acids is 1. The summed E-state index contributed by atoms with van der Waals surface area (Å²) in [7, 11) is 2.04. The maximum Gasteiger partial charge on any atom is 0.326 e. The van der Waals surface area contributed by atoms with Gasteiger partial charge in [0, 0.05) is 12.1 Å². The summed E-state index contributed by atoms with van der Waals surface area (Å²) in [5.41, 5.74) is 4.95. The lowest BCUT2D eigenvalue weighted by molar-refractivity contribution is -0.139. The zero-order valence-corrected chi connectivity index (χ0v) is 25.5. The van der Waals surface area contributed by atoms with Gasteiger partial charge in [0.15, 0.2) is 0 Å². The molecule has 1 aliphatic rings. The fraction of sp³-hybridized carbons (Fsp3) is 0.375. The van der Waals surface area contributed by atoms with Crippen LogP contribution in [0.1, 0.15) is 45.8 Å². The first-order valence-electron chi connectivity index (χ1n) is 13.5. The van der Waals surface area contributed by atoms with Crippen molar-refractivity contribution in [2.24, 2.45) is 0 Å².